The second-order valence-electron chi connectivity index (χ2n) is 5.01. The van der Waals surface area contributed by atoms with Gasteiger partial charge in [-0.1, -0.05) is 0 Å². The molecule has 2 N–H and O–H groups in total. The number of nitrogens with one attached hydrogen (secondary N) is 2. The summed E-state index contributed by atoms with van der Waals surface area (Å²) in [5.41, 5.74) is 4.94. The van der Waals surface area contributed by atoms with Crippen molar-refractivity contribution >= 4 is 17.3 Å². The van der Waals surface area contributed by atoms with Crippen LogP contribution in [0.1, 0.15) is 22.5 Å². The topological polar surface area (TPSA) is 54.2 Å². The Bertz CT molecular complexity index is 598. The lowest BCUT2D eigenvalue weighted by Gasteiger charge is -2.11. The lowest BCUT2D eigenvalue weighted by Crippen LogP contribution is -2.37. The van der Waals surface area contributed by atoms with E-state index in [1.165, 1.54) is 16.8 Å². The number of rotatable bonds is 5. The van der Waals surface area contributed by atoms with Gasteiger partial charge in [-0.3, -0.25) is 9.67 Å². The van der Waals surface area contributed by atoms with E-state index in [1.54, 1.807) is 18.4 Å². The number of nitrogens with zero attached hydrogens (tertiary/aromatic N) is 3. The Labute approximate surface area is 130 Å². The van der Waals surface area contributed by atoms with E-state index in [2.05, 4.69) is 51.4 Å². The predicted molar refractivity (Wildman–Crippen MR) is 88.9 cm³/mol. The van der Waals surface area contributed by atoms with Gasteiger partial charge in [0.25, 0.3) is 0 Å². The van der Waals surface area contributed by atoms with Crippen molar-refractivity contribution < 1.29 is 0 Å². The SMILES string of the molecule is CN=C(NCCc1c(C)nn(C)c1C)NCc1ccsc1. The van der Waals surface area contributed by atoms with E-state index in [-0.39, 0.29) is 0 Å². The lowest BCUT2D eigenvalue weighted by atomic mass is 10.1. The molecule has 2 aromatic rings. The molecule has 0 aliphatic heterocycles. The molecule has 0 atom stereocenters. The molecule has 114 valence electrons. The van der Waals surface area contributed by atoms with Gasteiger partial charge < -0.3 is 10.6 Å². The van der Waals surface area contributed by atoms with Crippen LogP contribution in [-0.4, -0.2) is 29.3 Å². The molecule has 0 aromatic carbocycles. The van der Waals surface area contributed by atoms with Crippen LogP contribution >= 0.6 is 11.3 Å². The highest BCUT2D eigenvalue weighted by Gasteiger charge is 2.09. The molecule has 0 saturated carbocycles. The van der Waals surface area contributed by atoms with Gasteiger partial charge in [-0.05, 0) is 48.2 Å². The van der Waals surface area contributed by atoms with E-state index in [0.29, 0.717) is 0 Å². The molecule has 0 bridgehead atoms. The zero-order valence-electron chi connectivity index (χ0n) is 13.1. The summed E-state index contributed by atoms with van der Waals surface area (Å²) in [5, 5.41) is 15.3. The molecule has 0 spiro atoms. The van der Waals surface area contributed by atoms with Gasteiger partial charge in [0.05, 0.1) is 5.69 Å². The Hall–Kier alpha value is -1.82. The summed E-state index contributed by atoms with van der Waals surface area (Å²) >= 11 is 1.71. The lowest BCUT2D eigenvalue weighted by molar-refractivity contribution is 0.729. The van der Waals surface area contributed by atoms with Gasteiger partial charge in [-0.25, -0.2) is 0 Å². The zero-order valence-corrected chi connectivity index (χ0v) is 13.9. The zero-order chi connectivity index (χ0) is 15.2. The highest BCUT2D eigenvalue weighted by Crippen LogP contribution is 2.11. The third-order valence-corrected chi connectivity index (χ3v) is 4.32. The average molecular weight is 305 g/mol. The van der Waals surface area contributed by atoms with Crippen LogP contribution in [0.2, 0.25) is 0 Å². The molecule has 0 saturated heterocycles. The van der Waals surface area contributed by atoms with Gasteiger partial charge >= 0.3 is 0 Å². The third kappa shape index (κ3) is 4.07. The normalized spacial score (nSPS) is 11.7. The Kier molecular flexibility index (Phi) is 5.38. The molecule has 0 aliphatic rings. The molecular formula is C15H23N5S. The number of aromatic nitrogens is 2. The minimum atomic E-state index is 0.800. The van der Waals surface area contributed by atoms with Crippen LogP contribution in [0.25, 0.3) is 0 Å². The molecule has 0 fully saturated rings. The Morgan fingerprint density at radius 3 is 2.76 bits per heavy atom. The summed E-state index contributed by atoms with van der Waals surface area (Å²) in [6.07, 6.45) is 0.949. The van der Waals surface area contributed by atoms with Gasteiger partial charge in [-0.15, -0.1) is 0 Å². The second kappa shape index (κ2) is 7.26. The largest absolute Gasteiger partial charge is 0.356 e. The third-order valence-electron chi connectivity index (χ3n) is 3.59. The van der Waals surface area contributed by atoms with E-state index in [9.17, 15) is 0 Å². The Balaban J connectivity index is 1.81. The number of aryl methyl sites for hydroxylation is 2. The van der Waals surface area contributed by atoms with Crippen molar-refractivity contribution in [1.29, 1.82) is 0 Å². The fourth-order valence-electron chi connectivity index (χ4n) is 2.28. The van der Waals surface area contributed by atoms with E-state index in [4.69, 9.17) is 0 Å². The van der Waals surface area contributed by atoms with Crippen LogP contribution in [0, 0.1) is 13.8 Å². The van der Waals surface area contributed by atoms with E-state index in [1.807, 2.05) is 11.7 Å². The highest BCUT2D eigenvalue weighted by molar-refractivity contribution is 7.07. The predicted octanol–water partition coefficient (Wildman–Crippen LogP) is 2.01. The molecule has 2 heterocycles. The van der Waals surface area contributed by atoms with E-state index in [0.717, 1.165) is 31.2 Å². The van der Waals surface area contributed by atoms with Crippen LogP contribution in [-0.2, 0) is 20.0 Å². The van der Waals surface area contributed by atoms with Crippen LogP contribution in [0.15, 0.2) is 21.8 Å². The van der Waals surface area contributed by atoms with E-state index >= 15 is 0 Å². The Morgan fingerprint density at radius 2 is 2.19 bits per heavy atom. The van der Waals surface area contributed by atoms with E-state index < -0.39 is 0 Å². The number of guanidine groups is 1. The first kappa shape index (κ1) is 15.6. The minimum absolute atomic E-state index is 0.800. The first-order valence-electron chi connectivity index (χ1n) is 7.06. The first-order valence-corrected chi connectivity index (χ1v) is 8.00. The smallest absolute Gasteiger partial charge is 0.191 e. The van der Waals surface area contributed by atoms with Gasteiger partial charge in [0.1, 0.15) is 0 Å². The maximum Gasteiger partial charge on any atom is 0.191 e. The molecule has 0 amide bonds. The Morgan fingerprint density at radius 1 is 1.38 bits per heavy atom. The first-order chi connectivity index (χ1) is 10.1. The second-order valence-corrected chi connectivity index (χ2v) is 5.79. The maximum atomic E-state index is 4.44. The number of hydrogen-bond donors (Lipinski definition) is 2. The van der Waals surface area contributed by atoms with Gasteiger partial charge in [0.15, 0.2) is 5.96 Å². The molecule has 2 aromatic heterocycles. The summed E-state index contributed by atoms with van der Waals surface area (Å²) in [5.74, 6) is 0.834. The van der Waals surface area contributed by atoms with Gasteiger partial charge in [0.2, 0.25) is 0 Å². The van der Waals surface area contributed by atoms with Crippen molar-refractivity contribution in [2.24, 2.45) is 12.0 Å². The summed E-state index contributed by atoms with van der Waals surface area (Å²) in [6.45, 7) is 5.82. The van der Waals surface area contributed by atoms with Crippen molar-refractivity contribution in [1.82, 2.24) is 20.4 Å². The molecule has 6 heteroatoms. The van der Waals surface area contributed by atoms with Crippen LogP contribution < -0.4 is 10.6 Å². The molecule has 5 nitrogen and oxygen atoms in total. The molecular weight excluding hydrogens is 282 g/mol. The molecule has 0 radical (unpaired) electrons. The average Bonchev–Trinajstić information content (AvgIpc) is 3.06. The fourth-order valence-corrected chi connectivity index (χ4v) is 2.95. The highest BCUT2D eigenvalue weighted by atomic mass is 32.1. The summed E-state index contributed by atoms with van der Waals surface area (Å²) in [4.78, 5) is 4.25. The van der Waals surface area contributed by atoms with Crippen molar-refractivity contribution in [2.45, 2.75) is 26.8 Å². The molecule has 21 heavy (non-hydrogen) atoms. The number of aliphatic imine (C=N–C) groups is 1. The quantitative estimate of drug-likeness (QED) is 0.656. The van der Waals surface area contributed by atoms with Gasteiger partial charge in [-0.2, -0.15) is 16.4 Å². The van der Waals surface area contributed by atoms with Crippen molar-refractivity contribution in [2.75, 3.05) is 13.6 Å². The van der Waals surface area contributed by atoms with Crippen molar-refractivity contribution in [3.8, 4) is 0 Å². The molecule has 0 unspecified atom stereocenters. The maximum absolute atomic E-state index is 4.44. The summed E-state index contributed by atoms with van der Waals surface area (Å²) in [6, 6.07) is 2.12. The molecule has 0 aliphatic carbocycles. The fraction of sp³-hybridized carbons (Fsp3) is 0.467. The summed E-state index contributed by atoms with van der Waals surface area (Å²) < 4.78 is 1.94. The monoisotopic (exact) mass is 305 g/mol. The standard InChI is InChI=1S/C15H23N5S/c1-11-14(12(2)20(4)19-11)5-7-17-15(16-3)18-9-13-6-8-21-10-13/h6,8,10H,5,7,9H2,1-4H3,(H2,16,17,18). The summed E-state index contributed by atoms with van der Waals surface area (Å²) in [7, 11) is 3.78. The number of thiophene rings is 1. The van der Waals surface area contributed by atoms with Crippen LogP contribution in [0.4, 0.5) is 0 Å². The van der Waals surface area contributed by atoms with Gasteiger partial charge in [0, 0.05) is 32.9 Å². The number of hydrogen-bond acceptors (Lipinski definition) is 3. The van der Waals surface area contributed by atoms with Crippen LogP contribution in [0.3, 0.4) is 0 Å². The van der Waals surface area contributed by atoms with Crippen LogP contribution in [0.5, 0.6) is 0 Å². The van der Waals surface area contributed by atoms with Crippen molar-refractivity contribution in [3.63, 3.8) is 0 Å². The molecule has 2 rings (SSSR count). The minimum Gasteiger partial charge on any atom is -0.356 e. The van der Waals surface area contributed by atoms with Crippen molar-refractivity contribution in [3.05, 3.63) is 39.3 Å².